The molecule has 1 saturated heterocycles. The van der Waals surface area contributed by atoms with Crippen LogP contribution >= 0.6 is 0 Å². The van der Waals surface area contributed by atoms with E-state index in [1.165, 1.54) is 6.20 Å². The van der Waals surface area contributed by atoms with Gasteiger partial charge in [0.15, 0.2) is 5.84 Å². The third-order valence-electron chi connectivity index (χ3n) is 5.11. The van der Waals surface area contributed by atoms with E-state index in [0.717, 1.165) is 0 Å². The summed E-state index contributed by atoms with van der Waals surface area (Å²) in [5.41, 5.74) is 9.49. The highest BCUT2D eigenvalue weighted by molar-refractivity contribution is 7.87. The maximum absolute atomic E-state index is 13.1. The molecule has 12 nitrogen and oxygen atoms in total. The van der Waals surface area contributed by atoms with Crippen molar-refractivity contribution in [2.75, 3.05) is 13.1 Å². The van der Waals surface area contributed by atoms with Gasteiger partial charge in [-0.3, -0.25) is 9.00 Å². The van der Waals surface area contributed by atoms with E-state index in [2.05, 4.69) is 20.8 Å². The van der Waals surface area contributed by atoms with Gasteiger partial charge in [0.05, 0.1) is 25.8 Å². The van der Waals surface area contributed by atoms with Crippen LogP contribution in [0.1, 0.15) is 16.1 Å². The fraction of sp³-hybridized carbons (Fsp3) is 0.167. The molecule has 32 heavy (non-hydrogen) atoms. The van der Waals surface area contributed by atoms with Crippen molar-refractivity contribution in [3.05, 3.63) is 47.9 Å². The highest BCUT2D eigenvalue weighted by Crippen LogP contribution is 2.34. The summed E-state index contributed by atoms with van der Waals surface area (Å²) < 4.78 is 27.4. The molecule has 3 heterocycles. The van der Waals surface area contributed by atoms with Crippen LogP contribution in [0.2, 0.25) is 0 Å². The molecule has 0 bridgehead atoms. The largest absolute Gasteiger partial charge is 0.364 e. The lowest BCUT2D eigenvalue weighted by molar-refractivity contribution is 0.0996. The van der Waals surface area contributed by atoms with Crippen LogP contribution in [0.15, 0.2) is 51.6 Å². The summed E-state index contributed by atoms with van der Waals surface area (Å²) in [7, 11) is -3.54. The van der Waals surface area contributed by atoms with Crippen molar-refractivity contribution >= 4 is 39.2 Å². The Morgan fingerprint density at radius 1 is 1.25 bits per heavy atom. The summed E-state index contributed by atoms with van der Waals surface area (Å²) >= 11 is 0. The van der Waals surface area contributed by atoms with E-state index < -0.39 is 27.7 Å². The van der Waals surface area contributed by atoms with E-state index in [0.29, 0.717) is 34.8 Å². The lowest BCUT2D eigenvalue weighted by Gasteiger charge is -2.27. The number of hydrazone groups is 1. The Balaban J connectivity index is 2.04. The number of hydrazine groups is 1. The first-order chi connectivity index (χ1) is 15.4. The molecule has 1 aliphatic rings. The third-order valence-corrected chi connectivity index (χ3v) is 7.78. The number of primary amides is 1. The smallest absolute Gasteiger partial charge is 0.268 e. The fourth-order valence-corrected chi connectivity index (χ4v) is 6.04. The second-order valence-electron chi connectivity index (χ2n) is 6.96. The van der Waals surface area contributed by atoms with Crippen molar-refractivity contribution in [1.82, 2.24) is 20.1 Å². The molecule has 14 heteroatoms. The molecular formula is C18H21N9O3S2. The van der Waals surface area contributed by atoms with Crippen molar-refractivity contribution in [3.8, 4) is 11.1 Å². The van der Waals surface area contributed by atoms with Gasteiger partial charge in [0.1, 0.15) is 22.3 Å². The number of fused-ring (bicyclic) bond motifs is 1. The summed E-state index contributed by atoms with van der Waals surface area (Å²) in [5, 5.41) is 12.4. The van der Waals surface area contributed by atoms with Gasteiger partial charge in [0.2, 0.25) is 0 Å². The van der Waals surface area contributed by atoms with Gasteiger partial charge >= 0.3 is 0 Å². The summed E-state index contributed by atoms with van der Waals surface area (Å²) in [4.78, 5) is 16.4. The number of hydrogen-bond donors (Lipinski definition) is 6. The minimum atomic E-state index is -2.06. The molecule has 2 unspecified atom stereocenters. The molecule has 168 valence electrons. The van der Waals surface area contributed by atoms with Crippen molar-refractivity contribution in [3.63, 3.8) is 0 Å². The highest BCUT2D eigenvalue weighted by atomic mass is 32.2. The molecule has 10 N–H and O–H groups in total. The average molecular weight is 476 g/mol. The van der Waals surface area contributed by atoms with Crippen molar-refractivity contribution < 1.29 is 13.2 Å². The molecule has 2 atom stereocenters. The highest BCUT2D eigenvalue weighted by Gasteiger charge is 2.31. The number of amidine groups is 1. The standard InChI is InChI=1S/C18H21N9O3S2/c19-16(28)12-8-27-5-1-2-11(18(27)24-12)10-3-4-13(31(29)9-6-23-7-9)15(32(22)30)14(10)17(25-20)26-21/h1-5,8-9,23H,6-7,20-22H2,(H2,19,28)(H,25,26). The number of carbonyl (C=O) groups excluding carboxylic acids is 1. The number of rotatable bonds is 6. The predicted octanol–water partition coefficient (Wildman–Crippen LogP) is -1.76. The zero-order valence-corrected chi connectivity index (χ0v) is 18.3. The van der Waals surface area contributed by atoms with E-state index in [9.17, 15) is 13.2 Å². The minimum absolute atomic E-state index is 0.0110. The monoisotopic (exact) mass is 475 g/mol. The fourth-order valence-electron chi connectivity index (χ4n) is 3.49. The molecule has 1 aliphatic heterocycles. The summed E-state index contributed by atoms with van der Waals surface area (Å²) in [5.74, 6) is 10.5. The van der Waals surface area contributed by atoms with Crippen LogP contribution in [0.5, 0.6) is 0 Å². The molecule has 3 aromatic rings. The number of imidazole rings is 1. The van der Waals surface area contributed by atoms with E-state index in [1.807, 2.05) is 0 Å². The van der Waals surface area contributed by atoms with Gasteiger partial charge in [0.25, 0.3) is 5.91 Å². The minimum Gasteiger partial charge on any atom is -0.364 e. The van der Waals surface area contributed by atoms with Crippen molar-refractivity contribution in [2.45, 2.75) is 15.0 Å². The SMILES string of the molecule is N/N=C(\NN)c1c(-c2cccn3cc(C(N)=O)nc23)ccc(S(=O)C2CNC2)c1S(N)=O. The van der Waals surface area contributed by atoms with Crippen LogP contribution in [0.25, 0.3) is 16.8 Å². The number of hydrogen-bond acceptors (Lipinski definition) is 8. The second kappa shape index (κ2) is 8.76. The maximum atomic E-state index is 13.1. The number of nitrogens with two attached hydrogens (primary N) is 4. The first-order valence-corrected chi connectivity index (χ1v) is 11.8. The Labute approximate surface area is 187 Å². The number of pyridine rings is 1. The van der Waals surface area contributed by atoms with Gasteiger partial charge in [-0.05, 0) is 23.8 Å². The molecule has 0 aliphatic carbocycles. The van der Waals surface area contributed by atoms with Gasteiger partial charge in [-0.2, -0.15) is 5.10 Å². The Morgan fingerprint density at radius 2 is 2.00 bits per heavy atom. The number of carbonyl (C=O) groups is 1. The maximum Gasteiger partial charge on any atom is 0.268 e. The number of nitrogens with one attached hydrogen (secondary N) is 2. The molecule has 1 amide bonds. The Kier molecular flexibility index (Phi) is 6.03. The zero-order chi connectivity index (χ0) is 23.0. The van der Waals surface area contributed by atoms with Gasteiger partial charge in [-0.25, -0.2) is 20.2 Å². The molecule has 0 radical (unpaired) electrons. The van der Waals surface area contributed by atoms with Crippen LogP contribution in [0.4, 0.5) is 0 Å². The normalized spacial score (nSPS) is 16.5. The first-order valence-electron chi connectivity index (χ1n) is 9.34. The molecular weight excluding hydrogens is 454 g/mol. The van der Waals surface area contributed by atoms with E-state index in [4.69, 9.17) is 22.6 Å². The molecule has 4 rings (SSSR count). The van der Waals surface area contributed by atoms with Gasteiger partial charge < -0.3 is 26.7 Å². The van der Waals surface area contributed by atoms with Gasteiger partial charge in [-0.1, -0.05) is 6.07 Å². The van der Waals surface area contributed by atoms with E-state index in [-0.39, 0.29) is 27.2 Å². The van der Waals surface area contributed by atoms with Crippen molar-refractivity contribution in [2.24, 2.45) is 27.7 Å². The van der Waals surface area contributed by atoms with Crippen LogP contribution in [-0.2, 0) is 21.8 Å². The van der Waals surface area contributed by atoms with Crippen LogP contribution in [0, 0.1) is 0 Å². The van der Waals surface area contributed by atoms with Gasteiger partial charge in [-0.15, -0.1) is 0 Å². The van der Waals surface area contributed by atoms with Gasteiger partial charge in [0, 0.05) is 36.6 Å². The molecule has 0 saturated carbocycles. The quantitative estimate of drug-likeness (QED) is 0.104. The van der Waals surface area contributed by atoms with Crippen LogP contribution < -0.4 is 33.3 Å². The summed E-state index contributed by atoms with van der Waals surface area (Å²) in [6.07, 6.45) is 3.20. The average Bonchev–Trinajstić information content (AvgIpc) is 3.17. The van der Waals surface area contributed by atoms with E-state index in [1.54, 1.807) is 34.9 Å². The van der Waals surface area contributed by atoms with Crippen LogP contribution in [-0.4, -0.2) is 47.9 Å². The first kappa shape index (κ1) is 22.0. The van der Waals surface area contributed by atoms with Crippen molar-refractivity contribution in [1.29, 1.82) is 0 Å². The summed E-state index contributed by atoms with van der Waals surface area (Å²) in [6, 6.07) is 6.77. The third kappa shape index (κ3) is 3.67. The number of aromatic nitrogens is 2. The zero-order valence-electron chi connectivity index (χ0n) is 16.6. The Morgan fingerprint density at radius 3 is 2.56 bits per heavy atom. The second-order valence-corrected chi connectivity index (χ2v) is 9.66. The number of amides is 1. The topological polar surface area (TPSA) is 209 Å². The lowest BCUT2D eigenvalue weighted by Crippen LogP contribution is -2.49. The Bertz CT molecular complexity index is 1300. The predicted molar refractivity (Wildman–Crippen MR) is 121 cm³/mol. The number of benzene rings is 1. The van der Waals surface area contributed by atoms with Crippen LogP contribution in [0.3, 0.4) is 0 Å². The molecule has 0 spiro atoms. The number of nitrogens with zero attached hydrogens (tertiary/aromatic N) is 3. The van der Waals surface area contributed by atoms with E-state index >= 15 is 0 Å². The molecule has 1 fully saturated rings. The summed E-state index contributed by atoms with van der Waals surface area (Å²) in [6.45, 7) is 1.13. The Hall–Kier alpha value is -3.17. The molecule has 1 aromatic carbocycles. The molecule has 2 aromatic heterocycles. The lowest BCUT2D eigenvalue weighted by atomic mass is 9.99.